The standard InChI is InChI=1S/C23H30O7.2C23H30O5.C23H30O4.C21H26O5/c1-24-8-10-29-22-17-7-6-15(26-3)12-18(17)23(30-11-9-25-2)21-19(22)13-16(27-4)14-20(21)28-5;1-15-12-16(2)21-20(13-15)22(27-10-8-24-3)18-7-6-17(26-5)14-19(18)23(21)28-11-9-25-4;1-15-6-7-17-18(12-15)23(28-11-9-25-4)21-19(22(17)27-10-8-24-3)13-16(2)14-20(21)26-5;1-15-6-7-18-19(13-15)23(27-11-9-25-5)21-17(3)12-16(2)14-20(21)22(18)26-10-8-24-4;1-22-10-12-25-20-16-6-4-5-7-17(16)21(26-13-11-23-2)19-14-15(24-3)8-9-18(19)20/h6,13-14H,7-12H2,1-5H3;6,12-13H,7-11,14H2,1-5H3;6,13-14H,7-12H2,1-5H3;6,12,14H,7-11,13H2,1-5H3;4-8H,9-14H2,1-3H3. The predicted molar refractivity (Wildman–Crippen MR) is 547 cm³/mol. The molecule has 0 fully saturated rings. The van der Waals surface area contributed by atoms with Gasteiger partial charge in [0.05, 0.1) is 137 Å². The summed E-state index contributed by atoms with van der Waals surface area (Å²) in [6.45, 7) is 25.2. The Kier molecular flexibility index (Phi) is 42.7. The molecule has 0 saturated heterocycles. The maximum atomic E-state index is 6.28. The second-order valence-electron chi connectivity index (χ2n) is 34.3. The fraction of sp³-hybridized carbons (Fsp3) is 0.469. The number of fused-ring (bicyclic) bond motifs is 10. The average Bonchev–Trinajstić information content (AvgIpc) is 0.747. The average molecular weight is 1920 g/mol. The van der Waals surface area contributed by atoms with Crippen LogP contribution < -0.4 is 61.6 Å². The van der Waals surface area contributed by atoms with Crippen LogP contribution in [0.1, 0.15) is 97.3 Å². The van der Waals surface area contributed by atoms with Crippen molar-refractivity contribution in [2.75, 3.05) is 246 Å². The molecular weight excluding hydrogens is 1770 g/mol. The van der Waals surface area contributed by atoms with E-state index in [1.807, 2.05) is 30.3 Å². The van der Waals surface area contributed by atoms with Gasteiger partial charge in [0, 0.05) is 195 Å². The van der Waals surface area contributed by atoms with E-state index in [4.69, 9.17) is 123 Å². The Bertz CT molecular complexity index is 5940. The van der Waals surface area contributed by atoms with Crippen LogP contribution in [0.3, 0.4) is 0 Å². The van der Waals surface area contributed by atoms with E-state index in [-0.39, 0.29) is 0 Å². The molecule has 15 rings (SSSR count). The van der Waals surface area contributed by atoms with Crippen molar-refractivity contribution in [1.29, 1.82) is 0 Å². The van der Waals surface area contributed by atoms with E-state index < -0.39 is 0 Å². The van der Waals surface area contributed by atoms with E-state index in [0.717, 1.165) is 206 Å². The van der Waals surface area contributed by atoms with Gasteiger partial charge in [-0.05, 0) is 159 Å². The summed E-state index contributed by atoms with van der Waals surface area (Å²) < 4.78 is 148. The van der Waals surface area contributed by atoms with Gasteiger partial charge in [-0.15, -0.1) is 0 Å². The maximum Gasteiger partial charge on any atom is 0.135 e. The summed E-state index contributed by atoms with van der Waals surface area (Å²) in [5, 5.41) is 10.3. The van der Waals surface area contributed by atoms with Gasteiger partial charge >= 0.3 is 0 Å². The third-order valence-electron chi connectivity index (χ3n) is 24.8. The first kappa shape index (κ1) is 108. The zero-order chi connectivity index (χ0) is 99.4. The molecule has 0 aromatic heterocycles. The molecule has 139 heavy (non-hydrogen) atoms. The molecule has 0 saturated carbocycles. The third kappa shape index (κ3) is 26.8. The molecule has 5 aliphatic rings. The van der Waals surface area contributed by atoms with Gasteiger partial charge in [-0.3, -0.25) is 0 Å². The van der Waals surface area contributed by atoms with E-state index in [1.54, 1.807) is 114 Å². The minimum absolute atomic E-state index is 0.420. The smallest absolute Gasteiger partial charge is 0.135 e. The minimum atomic E-state index is 0.420. The first-order valence-corrected chi connectivity index (χ1v) is 47.6. The summed E-state index contributed by atoms with van der Waals surface area (Å²) in [5.74, 6) is 13.9. The molecule has 0 spiro atoms. The van der Waals surface area contributed by atoms with E-state index in [2.05, 4.69) is 121 Å². The second-order valence-corrected chi connectivity index (χ2v) is 34.3. The van der Waals surface area contributed by atoms with Crippen LogP contribution in [-0.2, 0) is 126 Å². The third-order valence-corrected chi connectivity index (χ3v) is 24.8. The number of aryl methyl sites for hydroxylation is 5. The topological polar surface area (TPSA) is 240 Å². The van der Waals surface area contributed by atoms with Gasteiger partial charge in [0.25, 0.3) is 0 Å². The number of rotatable bonds is 46. The lowest BCUT2D eigenvalue weighted by molar-refractivity contribution is 0.144. The summed E-state index contributed by atoms with van der Waals surface area (Å²) in [5.41, 5.74) is 20.2. The van der Waals surface area contributed by atoms with Crippen molar-refractivity contribution in [2.45, 2.75) is 113 Å². The molecule has 10 aromatic rings. The van der Waals surface area contributed by atoms with Gasteiger partial charge in [-0.25, -0.2) is 0 Å². The van der Waals surface area contributed by atoms with Crippen molar-refractivity contribution in [3.05, 3.63) is 215 Å². The van der Waals surface area contributed by atoms with Crippen LogP contribution in [0.4, 0.5) is 0 Å². The predicted octanol–water partition coefficient (Wildman–Crippen LogP) is 20.0. The lowest BCUT2D eigenvalue weighted by Gasteiger charge is -2.26. The molecule has 0 aliphatic heterocycles. The van der Waals surface area contributed by atoms with E-state index in [0.29, 0.717) is 169 Å². The van der Waals surface area contributed by atoms with Crippen molar-refractivity contribution in [3.8, 4) is 74.7 Å². The summed E-state index contributed by atoms with van der Waals surface area (Å²) in [4.78, 5) is 0. The summed E-state index contributed by atoms with van der Waals surface area (Å²) in [7, 11) is 26.9. The molecule has 5 aliphatic carbocycles. The normalized spacial score (nSPS) is 13.2. The van der Waals surface area contributed by atoms with Crippen LogP contribution in [0, 0.1) is 34.6 Å². The SMILES string of the molecule is COCCOc1c2c(c(OCCOC)c3c(C)cc(C)cc13)CC(C)=CC2.COCCOc1c2c(c(OCCOC)c3c(C)cc(C)cc13)CC(OC)=CC2.COCCOc1c2c(c(OCCOC)c3c(OC)cc(C)cc13)CC(C)=CC2.COCCOc1c2c(c(OCCOC)c3c(OC)cc(OC)cc13)CC(OC)=CC2.COCCOc1c2c(c(OCCOC)c3ccccc13)CC(OC)=CC2. The second kappa shape index (κ2) is 55.0. The van der Waals surface area contributed by atoms with Crippen LogP contribution in [0.15, 0.2) is 132 Å². The Morgan fingerprint density at radius 3 is 0.727 bits per heavy atom. The van der Waals surface area contributed by atoms with Crippen molar-refractivity contribution >= 4 is 53.9 Å². The van der Waals surface area contributed by atoms with E-state index in [9.17, 15) is 0 Å². The summed E-state index contributed by atoms with van der Waals surface area (Å²) in [6.07, 6.45) is 18.5. The highest BCUT2D eigenvalue weighted by Crippen LogP contribution is 2.54. The molecule has 26 nitrogen and oxygen atoms in total. The fourth-order valence-corrected chi connectivity index (χ4v) is 18.4. The number of hydrogen-bond acceptors (Lipinski definition) is 26. The Morgan fingerprint density at radius 1 is 0.201 bits per heavy atom. The molecule has 0 bridgehead atoms. The lowest BCUT2D eigenvalue weighted by atomic mass is 9.86. The van der Waals surface area contributed by atoms with Crippen LogP contribution in [0.2, 0.25) is 0 Å². The van der Waals surface area contributed by atoms with Gasteiger partial charge in [-0.2, -0.15) is 0 Å². The number of ether oxygens (including phenoxy) is 26. The Morgan fingerprint density at radius 2 is 0.439 bits per heavy atom. The van der Waals surface area contributed by atoms with Gasteiger partial charge in [-0.1, -0.05) is 70.8 Å². The highest BCUT2D eigenvalue weighted by Gasteiger charge is 2.34. The van der Waals surface area contributed by atoms with Gasteiger partial charge in [0.15, 0.2) is 0 Å². The fourth-order valence-electron chi connectivity index (χ4n) is 18.4. The van der Waals surface area contributed by atoms with Crippen molar-refractivity contribution in [1.82, 2.24) is 0 Å². The first-order valence-electron chi connectivity index (χ1n) is 47.6. The zero-order valence-corrected chi connectivity index (χ0v) is 86.1. The van der Waals surface area contributed by atoms with E-state index >= 15 is 0 Å². The molecule has 0 N–H and O–H groups in total. The molecule has 10 aromatic carbocycles. The molecule has 0 radical (unpaired) electrons. The highest BCUT2D eigenvalue weighted by atomic mass is 16.6. The first-order chi connectivity index (χ1) is 67.7. The largest absolute Gasteiger partial charge is 0.501 e. The van der Waals surface area contributed by atoms with Crippen molar-refractivity contribution in [3.63, 3.8) is 0 Å². The minimum Gasteiger partial charge on any atom is -0.501 e. The highest BCUT2D eigenvalue weighted by molar-refractivity contribution is 6.04. The number of allylic oxidation sites excluding steroid dienone is 10. The van der Waals surface area contributed by atoms with Crippen LogP contribution in [-0.4, -0.2) is 246 Å². The van der Waals surface area contributed by atoms with Crippen molar-refractivity contribution in [2.24, 2.45) is 0 Å². The molecule has 26 heteroatoms. The molecule has 0 heterocycles. The summed E-state index contributed by atoms with van der Waals surface area (Å²) >= 11 is 0. The van der Waals surface area contributed by atoms with Crippen LogP contribution in [0.25, 0.3) is 53.9 Å². The van der Waals surface area contributed by atoms with Crippen molar-refractivity contribution < 1.29 is 123 Å². The number of hydrogen-bond donors (Lipinski definition) is 0. The molecule has 0 atom stereocenters. The van der Waals surface area contributed by atoms with Crippen LogP contribution in [0.5, 0.6) is 74.7 Å². The number of benzene rings is 10. The maximum absolute atomic E-state index is 6.28. The monoisotopic (exact) mass is 1920 g/mol. The Balaban J connectivity index is 0.000000166. The molecule has 754 valence electrons. The quantitative estimate of drug-likeness (QED) is 0.0254. The number of methoxy groups -OCH3 is 16. The Hall–Kier alpha value is -11.4. The lowest BCUT2D eigenvalue weighted by Crippen LogP contribution is -2.14. The van der Waals surface area contributed by atoms with Gasteiger partial charge < -0.3 is 123 Å². The van der Waals surface area contributed by atoms with Crippen LogP contribution >= 0.6 is 0 Å². The molecule has 0 unspecified atom stereocenters. The molecular formula is C113H146O26. The van der Waals surface area contributed by atoms with E-state index in [1.165, 1.54) is 61.2 Å². The van der Waals surface area contributed by atoms with Gasteiger partial charge in [0.2, 0.25) is 0 Å². The zero-order valence-electron chi connectivity index (χ0n) is 86.1. The molecule has 0 amide bonds. The van der Waals surface area contributed by atoms with Gasteiger partial charge in [0.1, 0.15) is 141 Å². The Labute approximate surface area is 821 Å². The summed E-state index contributed by atoms with van der Waals surface area (Å²) in [6, 6.07) is 25.0.